The van der Waals surface area contributed by atoms with Crippen LogP contribution < -0.4 is 5.32 Å². The van der Waals surface area contributed by atoms with Crippen LogP contribution in [0.25, 0.3) is 0 Å². The molecular formula is C17H24N2O5. The number of hydrogen-bond acceptors (Lipinski definition) is 4. The highest BCUT2D eigenvalue weighted by atomic mass is 16.5. The first-order valence-electron chi connectivity index (χ1n) is 7.79. The van der Waals surface area contributed by atoms with E-state index in [2.05, 4.69) is 5.32 Å². The third-order valence-corrected chi connectivity index (χ3v) is 4.49. The number of aliphatic carboxylic acids is 1. The maximum atomic E-state index is 12.5. The molecule has 0 aromatic heterocycles. The van der Waals surface area contributed by atoms with Gasteiger partial charge in [-0.05, 0) is 18.1 Å². The number of benzene rings is 1. The number of ether oxygens (including phenoxy) is 2. The molecule has 24 heavy (non-hydrogen) atoms. The van der Waals surface area contributed by atoms with Gasteiger partial charge in [-0.25, -0.2) is 9.59 Å². The molecule has 2 rings (SSSR count). The molecule has 1 aromatic carbocycles. The summed E-state index contributed by atoms with van der Waals surface area (Å²) in [4.78, 5) is 25.5. The van der Waals surface area contributed by atoms with Crippen molar-refractivity contribution in [1.82, 2.24) is 10.2 Å². The third-order valence-electron chi connectivity index (χ3n) is 4.49. The van der Waals surface area contributed by atoms with Gasteiger partial charge in [0, 0.05) is 33.7 Å². The first kappa shape index (κ1) is 18.2. The van der Waals surface area contributed by atoms with Crippen molar-refractivity contribution in [3.63, 3.8) is 0 Å². The van der Waals surface area contributed by atoms with Crippen molar-refractivity contribution in [2.24, 2.45) is 0 Å². The van der Waals surface area contributed by atoms with Gasteiger partial charge in [0.15, 0.2) is 0 Å². The summed E-state index contributed by atoms with van der Waals surface area (Å²) in [5, 5.41) is 12.3. The van der Waals surface area contributed by atoms with Crippen LogP contribution in [0, 0.1) is 0 Å². The summed E-state index contributed by atoms with van der Waals surface area (Å²) in [5.41, 5.74) is 0.654. The topological polar surface area (TPSA) is 88.1 Å². The molecule has 0 bridgehead atoms. The van der Waals surface area contributed by atoms with Crippen LogP contribution >= 0.6 is 0 Å². The lowest BCUT2D eigenvalue weighted by Crippen LogP contribution is -2.54. The number of amides is 2. The summed E-state index contributed by atoms with van der Waals surface area (Å²) in [6.07, 6.45) is -0.00962. The van der Waals surface area contributed by atoms with E-state index in [1.165, 1.54) is 12.0 Å². The quantitative estimate of drug-likeness (QED) is 0.824. The molecule has 2 N–H and O–H groups in total. The van der Waals surface area contributed by atoms with Crippen LogP contribution in [-0.2, 0) is 27.4 Å². The minimum atomic E-state index is -1.27. The largest absolute Gasteiger partial charge is 0.480 e. The van der Waals surface area contributed by atoms with E-state index < -0.39 is 17.5 Å². The van der Waals surface area contributed by atoms with E-state index in [9.17, 15) is 14.7 Å². The standard InChI is InChI=1S/C17H24N2O5/c1-17(15(20)21)8-14(24-3)10-19(17)16(22)18-9-12-6-4-5-7-13(12)11-23-2/h4-7,14H,8-11H2,1-3H3,(H,18,22)(H,20,21). The fourth-order valence-electron chi connectivity index (χ4n) is 2.98. The summed E-state index contributed by atoms with van der Waals surface area (Å²) >= 11 is 0. The second-order valence-corrected chi connectivity index (χ2v) is 6.11. The summed E-state index contributed by atoms with van der Waals surface area (Å²) in [6.45, 7) is 2.56. The number of carboxylic acids is 1. The Morgan fingerprint density at radius 3 is 2.58 bits per heavy atom. The molecular weight excluding hydrogens is 312 g/mol. The van der Waals surface area contributed by atoms with Crippen molar-refractivity contribution < 1.29 is 24.2 Å². The van der Waals surface area contributed by atoms with Gasteiger partial charge < -0.3 is 24.8 Å². The van der Waals surface area contributed by atoms with Gasteiger partial charge in [-0.15, -0.1) is 0 Å². The van der Waals surface area contributed by atoms with Crippen molar-refractivity contribution in [2.75, 3.05) is 20.8 Å². The minimum Gasteiger partial charge on any atom is -0.480 e. The lowest BCUT2D eigenvalue weighted by atomic mass is 9.98. The molecule has 1 aliphatic heterocycles. The molecule has 7 nitrogen and oxygen atoms in total. The lowest BCUT2D eigenvalue weighted by molar-refractivity contribution is -0.147. The van der Waals surface area contributed by atoms with E-state index in [0.29, 0.717) is 13.2 Å². The zero-order valence-corrected chi connectivity index (χ0v) is 14.2. The molecule has 0 aliphatic carbocycles. The number of urea groups is 1. The van der Waals surface area contributed by atoms with Crippen LogP contribution in [-0.4, -0.2) is 54.4 Å². The average Bonchev–Trinajstić information content (AvgIpc) is 2.92. The molecule has 0 saturated carbocycles. The van der Waals surface area contributed by atoms with Crippen LogP contribution in [0.1, 0.15) is 24.5 Å². The monoisotopic (exact) mass is 336 g/mol. The van der Waals surface area contributed by atoms with Gasteiger partial charge in [-0.1, -0.05) is 24.3 Å². The first-order chi connectivity index (χ1) is 11.4. The fourth-order valence-corrected chi connectivity index (χ4v) is 2.98. The van der Waals surface area contributed by atoms with Crippen LogP contribution in [0.4, 0.5) is 4.79 Å². The minimum absolute atomic E-state index is 0.255. The number of rotatable bonds is 6. The molecule has 1 saturated heterocycles. The van der Waals surface area contributed by atoms with Crippen LogP contribution in [0.3, 0.4) is 0 Å². The van der Waals surface area contributed by atoms with E-state index >= 15 is 0 Å². The molecule has 1 aliphatic rings. The van der Waals surface area contributed by atoms with Crippen molar-refractivity contribution >= 4 is 12.0 Å². The highest BCUT2D eigenvalue weighted by Crippen LogP contribution is 2.31. The second kappa shape index (κ2) is 7.63. The Bertz CT molecular complexity index is 606. The lowest BCUT2D eigenvalue weighted by Gasteiger charge is -2.30. The van der Waals surface area contributed by atoms with Gasteiger partial charge in [0.05, 0.1) is 12.7 Å². The van der Waals surface area contributed by atoms with E-state index in [-0.39, 0.29) is 19.1 Å². The zero-order valence-electron chi connectivity index (χ0n) is 14.2. The maximum absolute atomic E-state index is 12.5. The number of carboxylic acid groups (broad SMARTS) is 1. The van der Waals surface area contributed by atoms with Crippen molar-refractivity contribution in [3.8, 4) is 0 Å². The normalized spacial score (nSPS) is 23.3. The van der Waals surface area contributed by atoms with E-state index in [4.69, 9.17) is 9.47 Å². The van der Waals surface area contributed by atoms with Gasteiger partial charge in [0.25, 0.3) is 0 Å². The number of carbonyl (C=O) groups is 2. The highest BCUT2D eigenvalue weighted by Gasteiger charge is 2.50. The molecule has 0 radical (unpaired) electrons. The summed E-state index contributed by atoms with van der Waals surface area (Å²) in [7, 11) is 3.14. The first-order valence-corrected chi connectivity index (χ1v) is 7.79. The Morgan fingerprint density at radius 2 is 2.00 bits per heavy atom. The Labute approximate surface area is 141 Å². The van der Waals surface area contributed by atoms with Gasteiger partial charge >= 0.3 is 12.0 Å². The molecule has 7 heteroatoms. The Kier molecular flexibility index (Phi) is 5.80. The van der Waals surface area contributed by atoms with E-state index in [0.717, 1.165) is 11.1 Å². The van der Waals surface area contributed by atoms with Crippen molar-refractivity contribution in [2.45, 2.75) is 38.1 Å². The molecule has 1 heterocycles. The predicted molar refractivity (Wildman–Crippen MR) is 87.6 cm³/mol. The molecule has 2 amide bonds. The zero-order chi connectivity index (χ0) is 17.7. The van der Waals surface area contributed by atoms with Crippen LogP contribution in [0.5, 0.6) is 0 Å². The predicted octanol–water partition coefficient (Wildman–Crippen LogP) is 1.61. The molecule has 2 unspecified atom stereocenters. The summed E-state index contributed by atoms with van der Waals surface area (Å²) in [5.74, 6) is -1.03. The Hall–Kier alpha value is -2.12. The molecule has 0 spiro atoms. The molecule has 132 valence electrons. The Balaban J connectivity index is 2.08. The maximum Gasteiger partial charge on any atom is 0.329 e. The van der Waals surface area contributed by atoms with Gasteiger partial charge in [-0.3, -0.25) is 0 Å². The number of carbonyl (C=O) groups excluding carboxylic acids is 1. The SMILES string of the molecule is COCc1ccccc1CNC(=O)N1CC(OC)CC1(C)C(=O)O. The van der Waals surface area contributed by atoms with Crippen LogP contribution in [0.15, 0.2) is 24.3 Å². The van der Waals surface area contributed by atoms with E-state index in [1.54, 1.807) is 14.0 Å². The number of nitrogens with zero attached hydrogens (tertiary/aromatic N) is 1. The summed E-state index contributed by atoms with van der Waals surface area (Å²) in [6, 6.07) is 7.23. The molecule has 1 aromatic rings. The average molecular weight is 336 g/mol. The van der Waals surface area contributed by atoms with Crippen molar-refractivity contribution in [3.05, 3.63) is 35.4 Å². The highest BCUT2D eigenvalue weighted by molar-refractivity contribution is 5.86. The van der Waals surface area contributed by atoms with Crippen LogP contribution in [0.2, 0.25) is 0 Å². The number of likely N-dealkylation sites (tertiary alicyclic amines) is 1. The smallest absolute Gasteiger partial charge is 0.329 e. The van der Waals surface area contributed by atoms with E-state index in [1.807, 2.05) is 24.3 Å². The Morgan fingerprint density at radius 1 is 1.33 bits per heavy atom. The second-order valence-electron chi connectivity index (χ2n) is 6.11. The number of nitrogens with one attached hydrogen (secondary N) is 1. The fraction of sp³-hybridized carbons (Fsp3) is 0.529. The summed E-state index contributed by atoms with van der Waals surface area (Å²) < 4.78 is 10.4. The molecule has 2 atom stereocenters. The third kappa shape index (κ3) is 3.68. The van der Waals surface area contributed by atoms with Gasteiger partial charge in [0.2, 0.25) is 0 Å². The number of hydrogen-bond donors (Lipinski definition) is 2. The van der Waals surface area contributed by atoms with Gasteiger partial charge in [-0.2, -0.15) is 0 Å². The van der Waals surface area contributed by atoms with Gasteiger partial charge in [0.1, 0.15) is 5.54 Å². The molecule has 1 fully saturated rings. The number of methoxy groups -OCH3 is 2. The van der Waals surface area contributed by atoms with Crippen molar-refractivity contribution in [1.29, 1.82) is 0 Å².